The van der Waals surface area contributed by atoms with Gasteiger partial charge >= 0.3 is 0 Å². The van der Waals surface area contributed by atoms with Crippen LogP contribution in [-0.4, -0.2) is 19.0 Å². The van der Waals surface area contributed by atoms with Crippen LogP contribution in [0.1, 0.15) is 31.4 Å². The first-order valence-corrected chi connectivity index (χ1v) is 8.38. The lowest BCUT2D eigenvalue weighted by Gasteiger charge is -2.37. The molecule has 1 heterocycles. The molecule has 3 rings (SSSR count). The van der Waals surface area contributed by atoms with Crippen molar-refractivity contribution in [1.29, 1.82) is 0 Å². The van der Waals surface area contributed by atoms with E-state index in [0.717, 1.165) is 30.6 Å². The summed E-state index contributed by atoms with van der Waals surface area (Å²) in [6.45, 7) is 5.74. The SMILES string of the molecule is CC.NC(=O)C(c1ccccc1)(c1ccccc1)C1CCNC1. The molecule has 1 atom stereocenters. The normalized spacial score (nSPS) is 17.2. The summed E-state index contributed by atoms with van der Waals surface area (Å²) < 4.78 is 0. The predicted molar refractivity (Wildman–Crippen MR) is 95.2 cm³/mol. The van der Waals surface area contributed by atoms with Gasteiger partial charge < -0.3 is 11.1 Å². The van der Waals surface area contributed by atoms with Gasteiger partial charge in [0.25, 0.3) is 0 Å². The third-order valence-electron chi connectivity index (χ3n) is 4.52. The zero-order chi connectivity index (χ0) is 16.7. The summed E-state index contributed by atoms with van der Waals surface area (Å²) in [4.78, 5) is 12.6. The number of nitrogens with two attached hydrogens (primary N) is 1. The van der Waals surface area contributed by atoms with Crippen molar-refractivity contribution in [3.63, 3.8) is 0 Å². The van der Waals surface area contributed by atoms with Gasteiger partial charge in [-0.05, 0) is 36.6 Å². The molecule has 122 valence electrons. The highest BCUT2D eigenvalue weighted by Gasteiger charge is 2.48. The Morgan fingerprint density at radius 3 is 1.83 bits per heavy atom. The van der Waals surface area contributed by atoms with Crippen LogP contribution in [0.4, 0.5) is 0 Å². The van der Waals surface area contributed by atoms with Gasteiger partial charge in [-0.15, -0.1) is 0 Å². The number of rotatable bonds is 4. The van der Waals surface area contributed by atoms with Gasteiger partial charge in [-0.3, -0.25) is 4.79 Å². The first kappa shape index (κ1) is 17.2. The highest BCUT2D eigenvalue weighted by atomic mass is 16.1. The van der Waals surface area contributed by atoms with Crippen LogP contribution in [0.5, 0.6) is 0 Å². The van der Waals surface area contributed by atoms with E-state index in [-0.39, 0.29) is 11.8 Å². The predicted octanol–water partition coefficient (Wildman–Crippen LogP) is 3.09. The number of hydrogen-bond donors (Lipinski definition) is 2. The Bertz CT molecular complexity index is 565. The van der Waals surface area contributed by atoms with Crippen molar-refractivity contribution in [2.75, 3.05) is 13.1 Å². The molecule has 0 saturated carbocycles. The van der Waals surface area contributed by atoms with Crippen molar-refractivity contribution in [3.05, 3.63) is 71.8 Å². The molecule has 2 aromatic rings. The molecule has 1 amide bonds. The molecule has 3 N–H and O–H groups in total. The highest BCUT2D eigenvalue weighted by Crippen LogP contribution is 2.41. The van der Waals surface area contributed by atoms with Crippen LogP contribution in [0.2, 0.25) is 0 Å². The molecule has 0 aliphatic carbocycles. The number of benzene rings is 2. The fourth-order valence-corrected chi connectivity index (χ4v) is 3.55. The van der Waals surface area contributed by atoms with Gasteiger partial charge in [0.2, 0.25) is 5.91 Å². The molecule has 0 radical (unpaired) electrons. The summed E-state index contributed by atoms with van der Waals surface area (Å²) in [7, 11) is 0. The van der Waals surface area contributed by atoms with E-state index in [1.165, 1.54) is 0 Å². The summed E-state index contributed by atoms with van der Waals surface area (Å²) in [5.41, 5.74) is 7.16. The minimum Gasteiger partial charge on any atom is -0.369 e. The second-order valence-corrected chi connectivity index (χ2v) is 5.59. The lowest BCUT2D eigenvalue weighted by Crippen LogP contribution is -2.49. The zero-order valence-electron chi connectivity index (χ0n) is 14.0. The van der Waals surface area contributed by atoms with Crippen LogP contribution in [0.15, 0.2) is 60.7 Å². The second kappa shape index (κ2) is 7.93. The van der Waals surface area contributed by atoms with E-state index in [1.807, 2.05) is 74.5 Å². The topological polar surface area (TPSA) is 55.1 Å². The van der Waals surface area contributed by atoms with Crippen molar-refractivity contribution >= 4 is 5.91 Å². The molecule has 0 bridgehead atoms. The van der Waals surface area contributed by atoms with Gasteiger partial charge in [0.1, 0.15) is 5.41 Å². The molecule has 3 heteroatoms. The molecule has 1 saturated heterocycles. The fourth-order valence-electron chi connectivity index (χ4n) is 3.55. The van der Waals surface area contributed by atoms with Crippen LogP contribution in [0.25, 0.3) is 0 Å². The molecule has 1 aliphatic rings. The number of carbonyl (C=O) groups is 1. The van der Waals surface area contributed by atoms with Crippen LogP contribution in [-0.2, 0) is 10.2 Å². The van der Waals surface area contributed by atoms with Gasteiger partial charge in [0.15, 0.2) is 0 Å². The lowest BCUT2D eigenvalue weighted by atomic mass is 9.65. The van der Waals surface area contributed by atoms with Gasteiger partial charge in [-0.2, -0.15) is 0 Å². The Morgan fingerprint density at radius 1 is 1.00 bits per heavy atom. The zero-order valence-corrected chi connectivity index (χ0v) is 14.0. The quantitative estimate of drug-likeness (QED) is 0.912. The lowest BCUT2D eigenvalue weighted by molar-refractivity contribution is -0.123. The van der Waals surface area contributed by atoms with E-state index in [2.05, 4.69) is 5.32 Å². The van der Waals surface area contributed by atoms with E-state index in [1.54, 1.807) is 0 Å². The van der Waals surface area contributed by atoms with E-state index < -0.39 is 5.41 Å². The van der Waals surface area contributed by atoms with E-state index in [4.69, 9.17) is 5.73 Å². The smallest absolute Gasteiger partial charge is 0.232 e. The maximum Gasteiger partial charge on any atom is 0.232 e. The second-order valence-electron chi connectivity index (χ2n) is 5.59. The molecule has 2 aromatic carbocycles. The van der Waals surface area contributed by atoms with Crippen molar-refractivity contribution < 1.29 is 4.79 Å². The summed E-state index contributed by atoms with van der Waals surface area (Å²) in [6.07, 6.45) is 0.951. The molecule has 3 nitrogen and oxygen atoms in total. The Balaban J connectivity index is 0.000000924. The number of nitrogens with one attached hydrogen (secondary N) is 1. The number of carbonyl (C=O) groups excluding carboxylic acids is 1. The number of primary amides is 1. The van der Waals surface area contributed by atoms with Crippen molar-refractivity contribution in [1.82, 2.24) is 5.32 Å². The molecular weight excluding hydrogens is 284 g/mol. The minimum atomic E-state index is -0.758. The van der Waals surface area contributed by atoms with E-state index in [9.17, 15) is 4.79 Å². The van der Waals surface area contributed by atoms with Gasteiger partial charge in [-0.1, -0.05) is 74.5 Å². The van der Waals surface area contributed by atoms with E-state index in [0.29, 0.717) is 0 Å². The molecular formula is C20H26N2O. The van der Waals surface area contributed by atoms with Gasteiger partial charge in [0.05, 0.1) is 0 Å². The van der Waals surface area contributed by atoms with Crippen LogP contribution < -0.4 is 11.1 Å². The minimum absolute atomic E-state index is 0.180. The summed E-state index contributed by atoms with van der Waals surface area (Å²) in [5, 5.41) is 3.36. The third-order valence-corrected chi connectivity index (χ3v) is 4.52. The van der Waals surface area contributed by atoms with Crippen LogP contribution in [0, 0.1) is 5.92 Å². The number of hydrogen-bond acceptors (Lipinski definition) is 2. The Kier molecular flexibility index (Phi) is 5.94. The Hall–Kier alpha value is -2.13. The van der Waals surface area contributed by atoms with Crippen molar-refractivity contribution in [2.45, 2.75) is 25.7 Å². The summed E-state index contributed by atoms with van der Waals surface area (Å²) in [5.74, 6) is -0.0894. The number of amides is 1. The average Bonchev–Trinajstić information content (AvgIpc) is 3.14. The van der Waals surface area contributed by atoms with Gasteiger partial charge in [-0.25, -0.2) is 0 Å². The molecule has 1 fully saturated rings. The molecule has 1 aliphatic heterocycles. The highest BCUT2D eigenvalue weighted by molar-refractivity contribution is 5.91. The molecule has 0 spiro atoms. The molecule has 0 aromatic heterocycles. The van der Waals surface area contributed by atoms with Crippen molar-refractivity contribution in [3.8, 4) is 0 Å². The summed E-state index contributed by atoms with van der Waals surface area (Å²) >= 11 is 0. The average molecular weight is 310 g/mol. The summed E-state index contributed by atoms with van der Waals surface area (Å²) in [6, 6.07) is 19.9. The standard InChI is InChI=1S/C18H20N2O.C2H6/c19-17(21)18(16-11-12-20-13-16,14-7-3-1-4-8-14)15-9-5-2-6-10-15;1-2/h1-10,16,20H,11-13H2,(H2,19,21);1-2H3. The maximum absolute atomic E-state index is 12.6. The monoisotopic (exact) mass is 310 g/mol. The molecule has 1 unspecified atom stereocenters. The maximum atomic E-state index is 12.6. The van der Waals surface area contributed by atoms with Crippen LogP contribution >= 0.6 is 0 Å². The first-order valence-electron chi connectivity index (χ1n) is 8.38. The Morgan fingerprint density at radius 2 is 1.48 bits per heavy atom. The third kappa shape index (κ3) is 3.15. The largest absolute Gasteiger partial charge is 0.369 e. The Labute approximate surface area is 138 Å². The fraction of sp³-hybridized carbons (Fsp3) is 0.350. The van der Waals surface area contributed by atoms with Gasteiger partial charge in [0, 0.05) is 0 Å². The molecule has 23 heavy (non-hydrogen) atoms. The van der Waals surface area contributed by atoms with Crippen molar-refractivity contribution in [2.24, 2.45) is 11.7 Å². The van der Waals surface area contributed by atoms with Crippen LogP contribution in [0.3, 0.4) is 0 Å². The van der Waals surface area contributed by atoms with E-state index >= 15 is 0 Å². The first-order chi connectivity index (χ1) is 11.3.